The van der Waals surface area contributed by atoms with Crippen molar-refractivity contribution in [2.45, 2.75) is 12.5 Å². The number of methoxy groups -OCH3 is 1. The summed E-state index contributed by atoms with van der Waals surface area (Å²) in [5.41, 5.74) is 2.08. The lowest BCUT2D eigenvalue weighted by molar-refractivity contribution is 0.398. The lowest BCUT2D eigenvalue weighted by Crippen LogP contribution is -2.20. The molecule has 0 spiro atoms. The molecule has 1 atom stereocenters. The normalized spacial score (nSPS) is 12.2. The molecule has 0 aliphatic rings. The van der Waals surface area contributed by atoms with E-state index in [0.717, 1.165) is 32.8 Å². The van der Waals surface area contributed by atoms with E-state index in [0.29, 0.717) is 5.02 Å². The molecule has 0 amide bonds. The maximum atomic E-state index is 6.25. The monoisotopic (exact) mass is 387 g/mol. The van der Waals surface area contributed by atoms with Crippen LogP contribution in [-0.2, 0) is 6.42 Å². The van der Waals surface area contributed by atoms with E-state index in [2.05, 4.69) is 21.2 Å². The zero-order valence-corrected chi connectivity index (χ0v) is 14.9. The Balaban J connectivity index is 2.40. The van der Waals surface area contributed by atoms with Gasteiger partial charge in [0.1, 0.15) is 5.75 Å². The van der Waals surface area contributed by atoms with E-state index >= 15 is 0 Å². The average molecular weight is 389 g/mol. The SMILES string of the molecule is CNC(Cc1ccccc1Cl)c1cc(Cl)cc(Br)c1OC. The minimum atomic E-state index is 0.0508. The van der Waals surface area contributed by atoms with E-state index in [1.54, 1.807) is 7.11 Å². The molecule has 0 aliphatic heterocycles. The molecule has 0 saturated heterocycles. The Labute approximate surface area is 143 Å². The molecule has 2 aromatic rings. The van der Waals surface area contributed by atoms with Gasteiger partial charge >= 0.3 is 0 Å². The van der Waals surface area contributed by atoms with Crippen LogP contribution in [0.1, 0.15) is 17.2 Å². The highest BCUT2D eigenvalue weighted by atomic mass is 79.9. The summed E-state index contributed by atoms with van der Waals surface area (Å²) in [6.45, 7) is 0. The second-order valence-electron chi connectivity index (χ2n) is 4.65. The van der Waals surface area contributed by atoms with Gasteiger partial charge in [0.05, 0.1) is 11.6 Å². The molecule has 2 aromatic carbocycles. The van der Waals surface area contributed by atoms with Crippen molar-refractivity contribution in [1.29, 1.82) is 0 Å². The van der Waals surface area contributed by atoms with Crippen LogP contribution in [0.15, 0.2) is 40.9 Å². The molecule has 1 unspecified atom stereocenters. The molecule has 0 saturated carbocycles. The van der Waals surface area contributed by atoms with Gasteiger partial charge in [0.25, 0.3) is 0 Å². The molecule has 2 rings (SSSR count). The van der Waals surface area contributed by atoms with Crippen molar-refractivity contribution in [3.63, 3.8) is 0 Å². The molecule has 0 aromatic heterocycles. The first-order valence-electron chi connectivity index (χ1n) is 6.50. The molecule has 5 heteroatoms. The minimum Gasteiger partial charge on any atom is -0.495 e. The Morgan fingerprint density at radius 3 is 2.57 bits per heavy atom. The Hall–Kier alpha value is -0.740. The van der Waals surface area contributed by atoms with Gasteiger partial charge in [-0.2, -0.15) is 0 Å². The summed E-state index contributed by atoms with van der Waals surface area (Å²) >= 11 is 15.9. The van der Waals surface area contributed by atoms with Gasteiger partial charge in [0.2, 0.25) is 0 Å². The number of nitrogens with one attached hydrogen (secondary N) is 1. The highest BCUT2D eigenvalue weighted by Gasteiger charge is 2.19. The van der Waals surface area contributed by atoms with Crippen LogP contribution in [0, 0.1) is 0 Å². The quantitative estimate of drug-likeness (QED) is 0.753. The zero-order valence-electron chi connectivity index (χ0n) is 11.8. The molecule has 0 radical (unpaired) electrons. The molecule has 112 valence electrons. The average Bonchev–Trinajstić information content (AvgIpc) is 2.45. The van der Waals surface area contributed by atoms with E-state index < -0.39 is 0 Å². The molecule has 2 nitrogen and oxygen atoms in total. The van der Waals surface area contributed by atoms with E-state index in [9.17, 15) is 0 Å². The van der Waals surface area contributed by atoms with Crippen molar-refractivity contribution >= 4 is 39.1 Å². The molecule has 0 heterocycles. The highest BCUT2D eigenvalue weighted by molar-refractivity contribution is 9.10. The van der Waals surface area contributed by atoms with Crippen molar-refractivity contribution in [3.05, 3.63) is 62.0 Å². The summed E-state index contributed by atoms with van der Waals surface area (Å²) in [6.07, 6.45) is 0.749. The van der Waals surface area contributed by atoms with Crippen molar-refractivity contribution in [2.75, 3.05) is 14.2 Å². The third kappa shape index (κ3) is 3.92. The second-order valence-corrected chi connectivity index (χ2v) is 6.34. The summed E-state index contributed by atoms with van der Waals surface area (Å²) in [5, 5.41) is 4.73. The van der Waals surface area contributed by atoms with Crippen molar-refractivity contribution in [1.82, 2.24) is 5.32 Å². The van der Waals surface area contributed by atoms with Gasteiger partial charge in [-0.05, 0) is 53.2 Å². The zero-order chi connectivity index (χ0) is 15.4. The van der Waals surface area contributed by atoms with E-state index in [1.807, 2.05) is 43.4 Å². The fraction of sp³-hybridized carbons (Fsp3) is 0.250. The predicted octanol–water partition coefficient (Wildman–Crippen LogP) is 5.27. The van der Waals surface area contributed by atoms with Crippen LogP contribution in [0.25, 0.3) is 0 Å². The number of likely N-dealkylation sites (N-methyl/N-ethyl adjacent to an activating group) is 1. The summed E-state index contributed by atoms with van der Waals surface area (Å²) in [5.74, 6) is 0.783. The summed E-state index contributed by atoms with van der Waals surface area (Å²) in [7, 11) is 3.56. The van der Waals surface area contributed by atoms with Gasteiger partial charge in [0, 0.05) is 21.7 Å². The molecular weight excluding hydrogens is 373 g/mol. The third-order valence-corrected chi connectivity index (χ3v) is 4.52. The largest absolute Gasteiger partial charge is 0.495 e. The Morgan fingerprint density at radius 2 is 1.95 bits per heavy atom. The molecule has 0 bridgehead atoms. The lowest BCUT2D eigenvalue weighted by atomic mass is 9.98. The van der Waals surface area contributed by atoms with Crippen LogP contribution in [0.4, 0.5) is 0 Å². The molecular formula is C16H16BrCl2NO. The van der Waals surface area contributed by atoms with Crippen LogP contribution in [0.3, 0.4) is 0 Å². The standard InChI is InChI=1S/C16H16BrCl2NO/c1-20-15(7-10-5-3-4-6-14(10)19)12-8-11(18)9-13(17)16(12)21-2/h3-6,8-9,15,20H,7H2,1-2H3. The summed E-state index contributed by atoms with van der Waals surface area (Å²) < 4.78 is 6.34. The van der Waals surface area contributed by atoms with Crippen molar-refractivity contribution in [2.24, 2.45) is 0 Å². The lowest BCUT2D eigenvalue weighted by Gasteiger charge is -2.21. The fourth-order valence-electron chi connectivity index (χ4n) is 2.31. The predicted molar refractivity (Wildman–Crippen MR) is 92.7 cm³/mol. The van der Waals surface area contributed by atoms with Crippen LogP contribution in [0.5, 0.6) is 5.75 Å². The summed E-state index contributed by atoms with van der Waals surface area (Å²) in [4.78, 5) is 0. The Bertz CT molecular complexity index is 634. The number of hydrogen-bond donors (Lipinski definition) is 1. The first-order chi connectivity index (χ1) is 10.1. The smallest absolute Gasteiger partial charge is 0.137 e. The van der Waals surface area contributed by atoms with Crippen LogP contribution < -0.4 is 10.1 Å². The topological polar surface area (TPSA) is 21.3 Å². The van der Waals surface area contributed by atoms with Gasteiger partial charge < -0.3 is 10.1 Å². The second kappa shape index (κ2) is 7.50. The van der Waals surface area contributed by atoms with Gasteiger partial charge in [-0.1, -0.05) is 41.4 Å². The van der Waals surface area contributed by atoms with Crippen molar-refractivity contribution < 1.29 is 4.74 Å². The number of benzene rings is 2. The summed E-state index contributed by atoms with van der Waals surface area (Å²) in [6, 6.07) is 11.6. The first kappa shape index (κ1) is 16.6. The van der Waals surface area contributed by atoms with Crippen LogP contribution >= 0.6 is 39.1 Å². The fourth-order valence-corrected chi connectivity index (χ4v) is 3.51. The van der Waals surface area contributed by atoms with Gasteiger partial charge in [-0.25, -0.2) is 0 Å². The van der Waals surface area contributed by atoms with Crippen LogP contribution in [0.2, 0.25) is 10.0 Å². The molecule has 0 aliphatic carbocycles. The molecule has 0 fully saturated rings. The first-order valence-corrected chi connectivity index (χ1v) is 8.05. The number of hydrogen-bond acceptors (Lipinski definition) is 2. The molecule has 21 heavy (non-hydrogen) atoms. The van der Waals surface area contributed by atoms with Crippen LogP contribution in [-0.4, -0.2) is 14.2 Å². The third-order valence-electron chi connectivity index (χ3n) is 3.35. The van der Waals surface area contributed by atoms with Crippen molar-refractivity contribution in [3.8, 4) is 5.75 Å². The van der Waals surface area contributed by atoms with E-state index in [1.165, 1.54) is 0 Å². The van der Waals surface area contributed by atoms with Gasteiger partial charge in [0.15, 0.2) is 0 Å². The maximum Gasteiger partial charge on any atom is 0.137 e. The van der Waals surface area contributed by atoms with E-state index in [-0.39, 0.29) is 6.04 Å². The number of rotatable bonds is 5. The van der Waals surface area contributed by atoms with E-state index in [4.69, 9.17) is 27.9 Å². The Kier molecular flexibility index (Phi) is 5.94. The Morgan fingerprint density at radius 1 is 1.24 bits per heavy atom. The number of ether oxygens (including phenoxy) is 1. The number of halogens is 3. The van der Waals surface area contributed by atoms with Gasteiger partial charge in [-0.15, -0.1) is 0 Å². The highest BCUT2D eigenvalue weighted by Crippen LogP contribution is 2.37. The minimum absolute atomic E-state index is 0.0508. The maximum absolute atomic E-state index is 6.25. The van der Waals surface area contributed by atoms with Gasteiger partial charge in [-0.3, -0.25) is 0 Å². The molecule has 1 N–H and O–H groups in total.